The smallest absolute Gasteiger partial charge is 0.477 e. The maximum atomic E-state index is 11.8. The Morgan fingerprint density at radius 3 is 2.83 bits per heavy atom. The highest BCUT2D eigenvalue weighted by Crippen LogP contribution is 2.37. The fraction of sp³-hybridized carbons (Fsp3) is 0.467. The number of halogens is 1. The minimum Gasteiger partial charge on any atom is -0.477 e. The van der Waals surface area contributed by atoms with Gasteiger partial charge in [0.1, 0.15) is 12.0 Å². The van der Waals surface area contributed by atoms with Crippen molar-refractivity contribution in [3.05, 3.63) is 22.2 Å². The van der Waals surface area contributed by atoms with Crippen LogP contribution in [-0.4, -0.2) is 44.8 Å². The molecule has 122 valence electrons. The Labute approximate surface area is 139 Å². The number of fused-ring (bicyclic) bond motifs is 1. The number of ether oxygens (including phenoxy) is 2. The minimum absolute atomic E-state index is 0.252. The number of carbonyl (C=O) groups is 2. The SMILES string of the molecule is COC(=O)C1Cc2c(c(Cl)cc(C=O)c2B2OCC(C)(C)O2)O1. The zero-order chi connectivity index (χ0) is 16.8. The van der Waals surface area contributed by atoms with Crippen LogP contribution in [-0.2, 0) is 25.3 Å². The molecule has 0 spiro atoms. The van der Waals surface area contributed by atoms with Gasteiger partial charge in [-0.1, -0.05) is 11.6 Å². The molecule has 23 heavy (non-hydrogen) atoms. The van der Waals surface area contributed by atoms with Gasteiger partial charge in [-0.25, -0.2) is 4.79 Å². The number of benzene rings is 1. The van der Waals surface area contributed by atoms with Crippen LogP contribution in [0.1, 0.15) is 29.8 Å². The second-order valence-corrected chi connectivity index (χ2v) is 6.55. The second-order valence-electron chi connectivity index (χ2n) is 6.14. The van der Waals surface area contributed by atoms with E-state index in [4.69, 9.17) is 30.4 Å². The van der Waals surface area contributed by atoms with Gasteiger partial charge in [-0.05, 0) is 19.9 Å². The summed E-state index contributed by atoms with van der Waals surface area (Å²) in [5, 5.41) is 0.273. The van der Waals surface area contributed by atoms with E-state index in [9.17, 15) is 9.59 Å². The second kappa shape index (κ2) is 5.81. The molecule has 1 fully saturated rings. The van der Waals surface area contributed by atoms with Crippen LogP contribution in [0.4, 0.5) is 0 Å². The molecular weight excluding hydrogens is 322 g/mol. The number of aldehydes is 1. The minimum atomic E-state index is -0.789. The molecule has 0 bridgehead atoms. The molecule has 2 aliphatic heterocycles. The van der Waals surface area contributed by atoms with Gasteiger partial charge in [0.15, 0.2) is 6.10 Å². The third kappa shape index (κ3) is 2.84. The van der Waals surface area contributed by atoms with Crippen molar-refractivity contribution in [2.45, 2.75) is 32.0 Å². The standard InChI is InChI=1S/C15H16BClO6/c1-15(2)7-21-16(23-15)12-8(6-18)4-10(17)13-9(12)5-11(22-13)14(19)20-3/h4,6,11H,5,7H2,1-3H3. The first-order valence-electron chi connectivity index (χ1n) is 7.20. The van der Waals surface area contributed by atoms with Crippen molar-refractivity contribution in [2.75, 3.05) is 13.7 Å². The fourth-order valence-electron chi connectivity index (χ4n) is 2.84. The number of esters is 1. The van der Waals surface area contributed by atoms with Gasteiger partial charge in [0.25, 0.3) is 0 Å². The Bertz CT molecular complexity index is 674. The summed E-state index contributed by atoms with van der Waals surface area (Å²) in [7, 11) is 0.593. The van der Waals surface area contributed by atoms with Gasteiger partial charge >= 0.3 is 13.1 Å². The van der Waals surface area contributed by atoms with Crippen LogP contribution >= 0.6 is 11.6 Å². The van der Waals surface area contributed by atoms with Crippen LogP contribution in [0, 0.1) is 0 Å². The number of methoxy groups -OCH3 is 1. The molecule has 1 saturated heterocycles. The summed E-state index contributed by atoms with van der Waals surface area (Å²) in [6, 6.07) is 1.50. The average Bonchev–Trinajstić information content (AvgIpc) is 3.10. The topological polar surface area (TPSA) is 71.1 Å². The maximum Gasteiger partial charge on any atom is 0.495 e. The van der Waals surface area contributed by atoms with E-state index in [1.807, 2.05) is 13.8 Å². The molecule has 2 heterocycles. The maximum absolute atomic E-state index is 11.8. The summed E-state index contributed by atoms with van der Waals surface area (Å²) in [5.74, 6) is -0.121. The molecule has 1 aromatic carbocycles. The molecular formula is C15H16BClO6. The summed E-state index contributed by atoms with van der Waals surface area (Å²) in [5.41, 5.74) is 1.12. The van der Waals surface area contributed by atoms with E-state index < -0.39 is 24.8 Å². The van der Waals surface area contributed by atoms with E-state index in [0.717, 1.165) is 0 Å². The molecule has 1 unspecified atom stereocenters. The molecule has 0 N–H and O–H groups in total. The first-order valence-corrected chi connectivity index (χ1v) is 7.58. The Morgan fingerprint density at radius 1 is 1.52 bits per heavy atom. The summed E-state index contributed by atoms with van der Waals surface area (Å²) in [4.78, 5) is 23.2. The van der Waals surface area contributed by atoms with Gasteiger partial charge in [-0.3, -0.25) is 4.79 Å². The van der Waals surface area contributed by atoms with Crippen LogP contribution in [0.25, 0.3) is 0 Å². The summed E-state index contributed by atoms with van der Waals surface area (Å²) >= 11 is 6.18. The molecule has 6 nitrogen and oxygen atoms in total. The molecule has 8 heteroatoms. The predicted molar refractivity (Wildman–Crippen MR) is 83.5 cm³/mol. The van der Waals surface area contributed by atoms with E-state index >= 15 is 0 Å². The number of hydrogen-bond donors (Lipinski definition) is 0. The lowest BCUT2D eigenvalue weighted by Gasteiger charge is -2.17. The summed E-state index contributed by atoms with van der Waals surface area (Å²) in [6.45, 7) is 4.20. The molecule has 1 atom stereocenters. The lowest BCUT2D eigenvalue weighted by Crippen LogP contribution is -2.39. The quantitative estimate of drug-likeness (QED) is 0.468. The van der Waals surface area contributed by atoms with Gasteiger partial charge in [0.05, 0.1) is 24.3 Å². The average molecular weight is 339 g/mol. The Balaban J connectivity index is 2.05. The lowest BCUT2D eigenvalue weighted by atomic mass is 9.72. The molecule has 0 saturated carbocycles. The van der Waals surface area contributed by atoms with Crippen molar-refractivity contribution in [1.82, 2.24) is 0 Å². The van der Waals surface area contributed by atoms with Gasteiger partial charge in [0.2, 0.25) is 0 Å². The lowest BCUT2D eigenvalue weighted by molar-refractivity contribution is -0.147. The van der Waals surface area contributed by atoms with E-state index in [1.165, 1.54) is 13.2 Å². The zero-order valence-corrected chi connectivity index (χ0v) is 13.8. The Hall–Kier alpha value is -1.57. The summed E-state index contributed by atoms with van der Waals surface area (Å²) < 4.78 is 21.9. The van der Waals surface area contributed by atoms with Crippen LogP contribution < -0.4 is 10.2 Å². The van der Waals surface area contributed by atoms with Gasteiger partial charge in [-0.15, -0.1) is 0 Å². The first-order chi connectivity index (χ1) is 10.9. The van der Waals surface area contributed by atoms with E-state index in [1.54, 1.807) is 0 Å². The molecule has 0 amide bonds. The largest absolute Gasteiger partial charge is 0.495 e. The van der Waals surface area contributed by atoms with Gasteiger partial charge < -0.3 is 18.8 Å². The van der Waals surface area contributed by atoms with E-state index in [-0.39, 0.29) is 11.4 Å². The van der Waals surface area contributed by atoms with Crippen molar-refractivity contribution in [2.24, 2.45) is 0 Å². The first kappa shape index (κ1) is 16.3. The van der Waals surface area contributed by atoms with Gasteiger partial charge in [-0.2, -0.15) is 0 Å². The van der Waals surface area contributed by atoms with Crippen molar-refractivity contribution in [3.63, 3.8) is 0 Å². The van der Waals surface area contributed by atoms with Crippen LogP contribution in [0.3, 0.4) is 0 Å². The number of hydrogen-bond acceptors (Lipinski definition) is 6. The van der Waals surface area contributed by atoms with Crippen LogP contribution in [0.15, 0.2) is 6.07 Å². The van der Waals surface area contributed by atoms with Crippen molar-refractivity contribution >= 4 is 36.4 Å². The molecule has 0 aliphatic carbocycles. The van der Waals surface area contributed by atoms with Crippen molar-refractivity contribution < 1.29 is 28.4 Å². The Morgan fingerprint density at radius 2 is 2.26 bits per heavy atom. The highest BCUT2D eigenvalue weighted by atomic mass is 35.5. The molecule has 0 radical (unpaired) electrons. The van der Waals surface area contributed by atoms with Crippen molar-refractivity contribution in [3.8, 4) is 5.75 Å². The third-order valence-corrected chi connectivity index (χ3v) is 4.17. The molecule has 3 rings (SSSR count). The third-order valence-electron chi connectivity index (χ3n) is 3.89. The van der Waals surface area contributed by atoms with E-state index in [2.05, 4.69) is 0 Å². The number of rotatable bonds is 3. The monoisotopic (exact) mass is 338 g/mol. The molecule has 1 aromatic rings. The Kier molecular flexibility index (Phi) is 4.12. The normalized spacial score (nSPS) is 21.7. The fourth-order valence-corrected chi connectivity index (χ4v) is 3.11. The number of carbonyl (C=O) groups excluding carboxylic acids is 2. The summed E-state index contributed by atoms with van der Waals surface area (Å²) in [6.07, 6.45) is 0.162. The van der Waals surface area contributed by atoms with Crippen LogP contribution in [0.5, 0.6) is 5.75 Å². The molecule has 2 aliphatic rings. The highest BCUT2D eigenvalue weighted by Gasteiger charge is 2.44. The van der Waals surface area contributed by atoms with Crippen molar-refractivity contribution in [1.29, 1.82) is 0 Å². The highest BCUT2D eigenvalue weighted by molar-refractivity contribution is 6.64. The van der Waals surface area contributed by atoms with E-state index in [0.29, 0.717) is 35.2 Å². The molecule has 0 aromatic heterocycles. The predicted octanol–water partition coefficient (Wildman–Crippen LogP) is 1.15. The van der Waals surface area contributed by atoms with Gasteiger partial charge in [0, 0.05) is 23.0 Å². The van der Waals surface area contributed by atoms with Crippen LogP contribution in [0.2, 0.25) is 5.02 Å². The zero-order valence-electron chi connectivity index (χ0n) is 13.1.